The Bertz CT molecular complexity index is 241. The molecule has 0 saturated carbocycles. The molecule has 1 rings (SSSR count). The lowest BCUT2D eigenvalue weighted by Crippen LogP contribution is -2.34. The van der Waals surface area contributed by atoms with E-state index in [0.717, 1.165) is 0 Å². The monoisotopic (exact) mass is 167 g/mol. The normalized spacial score (nSPS) is 21.2. The number of carbonyl (C=O) groups excluding carboxylic acids is 2. The second kappa shape index (κ2) is 3.77. The zero-order chi connectivity index (χ0) is 8.97. The molecule has 1 aliphatic rings. The van der Waals surface area contributed by atoms with Crippen molar-refractivity contribution in [2.24, 2.45) is 0 Å². The molecule has 1 heterocycles. The highest BCUT2D eigenvalue weighted by Crippen LogP contribution is 2.07. The predicted molar refractivity (Wildman–Crippen MR) is 41.0 cm³/mol. The summed E-state index contributed by atoms with van der Waals surface area (Å²) in [5.41, 5.74) is 0. The molecule has 64 valence electrons. The molecule has 1 N–H and O–H groups in total. The summed E-state index contributed by atoms with van der Waals surface area (Å²) in [6.07, 6.45) is 5.78. The summed E-state index contributed by atoms with van der Waals surface area (Å²) in [6.45, 7) is -0.0365. The third-order valence-corrected chi connectivity index (χ3v) is 1.58. The molecular formula is C8H9NO3. The standard InChI is InChI=1S/C8H9NO3/c1-2-5-12-8(11)6-3-4-7(10)9-6/h1,6H,3-5H2,(H,9,10)/t6-/m1/s1. The minimum atomic E-state index is -0.495. The SMILES string of the molecule is C#CCOC(=O)[C@H]1CCC(=O)N1. The van der Waals surface area contributed by atoms with Crippen LogP contribution in [0.15, 0.2) is 0 Å². The van der Waals surface area contributed by atoms with Crippen molar-refractivity contribution in [1.82, 2.24) is 5.32 Å². The Hall–Kier alpha value is -1.50. The first kappa shape index (κ1) is 8.60. The van der Waals surface area contributed by atoms with Crippen LogP contribution in [0.25, 0.3) is 0 Å². The molecule has 12 heavy (non-hydrogen) atoms. The lowest BCUT2D eigenvalue weighted by molar-refractivity contribution is -0.145. The minimum Gasteiger partial charge on any atom is -0.451 e. The van der Waals surface area contributed by atoms with Crippen molar-refractivity contribution in [3.05, 3.63) is 0 Å². The van der Waals surface area contributed by atoms with Crippen molar-refractivity contribution in [3.63, 3.8) is 0 Å². The number of carbonyl (C=O) groups is 2. The highest BCUT2D eigenvalue weighted by Gasteiger charge is 2.27. The summed E-state index contributed by atoms with van der Waals surface area (Å²) in [4.78, 5) is 21.7. The van der Waals surface area contributed by atoms with Gasteiger partial charge in [-0.1, -0.05) is 5.92 Å². The molecule has 1 saturated heterocycles. The molecule has 0 aromatic rings. The van der Waals surface area contributed by atoms with Gasteiger partial charge in [0.2, 0.25) is 5.91 Å². The van der Waals surface area contributed by atoms with Gasteiger partial charge in [0.15, 0.2) is 6.61 Å². The Labute approximate surface area is 70.3 Å². The zero-order valence-corrected chi connectivity index (χ0v) is 6.50. The van der Waals surface area contributed by atoms with E-state index in [-0.39, 0.29) is 12.5 Å². The summed E-state index contributed by atoms with van der Waals surface area (Å²) in [5, 5.41) is 2.48. The van der Waals surface area contributed by atoms with Crippen molar-refractivity contribution in [2.45, 2.75) is 18.9 Å². The van der Waals surface area contributed by atoms with E-state index in [1.807, 2.05) is 0 Å². The van der Waals surface area contributed by atoms with Crippen LogP contribution in [0.2, 0.25) is 0 Å². The van der Waals surface area contributed by atoms with Crippen LogP contribution in [0.3, 0.4) is 0 Å². The van der Waals surface area contributed by atoms with E-state index in [9.17, 15) is 9.59 Å². The van der Waals surface area contributed by atoms with Crippen LogP contribution in [0.5, 0.6) is 0 Å². The average Bonchev–Trinajstić information content (AvgIpc) is 2.47. The summed E-state index contributed by atoms with van der Waals surface area (Å²) in [6, 6.07) is -0.495. The number of nitrogens with one attached hydrogen (secondary N) is 1. The second-order valence-electron chi connectivity index (χ2n) is 2.47. The third kappa shape index (κ3) is 1.99. The molecule has 0 aromatic carbocycles. The Morgan fingerprint density at radius 1 is 1.83 bits per heavy atom. The van der Waals surface area contributed by atoms with E-state index in [1.165, 1.54) is 0 Å². The Kier molecular flexibility index (Phi) is 2.70. The molecule has 4 nitrogen and oxygen atoms in total. The van der Waals surface area contributed by atoms with Crippen LogP contribution in [-0.2, 0) is 14.3 Å². The number of hydrogen-bond donors (Lipinski definition) is 1. The molecule has 1 atom stereocenters. The highest BCUT2D eigenvalue weighted by molar-refractivity contribution is 5.88. The maximum absolute atomic E-state index is 11.0. The van der Waals surface area contributed by atoms with E-state index >= 15 is 0 Å². The zero-order valence-electron chi connectivity index (χ0n) is 6.50. The van der Waals surface area contributed by atoms with Gasteiger partial charge in [-0.25, -0.2) is 4.79 Å². The number of esters is 1. The Balaban J connectivity index is 2.34. The molecular weight excluding hydrogens is 158 g/mol. The predicted octanol–water partition coefficient (Wildman–Crippen LogP) is -0.559. The van der Waals surface area contributed by atoms with Gasteiger partial charge in [0.25, 0.3) is 0 Å². The van der Waals surface area contributed by atoms with Gasteiger partial charge >= 0.3 is 5.97 Å². The molecule has 0 unspecified atom stereocenters. The molecule has 1 aliphatic heterocycles. The van der Waals surface area contributed by atoms with Crippen molar-refractivity contribution in [3.8, 4) is 12.3 Å². The van der Waals surface area contributed by atoms with Gasteiger partial charge in [-0.05, 0) is 6.42 Å². The smallest absolute Gasteiger partial charge is 0.329 e. The molecule has 0 bridgehead atoms. The van der Waals surface area contributed by atoms with E-state index in [4.69, 9.17) is 6.42 Å². The molecule has 0 radical (unpaired) electrons. The van der Waals surface area contributed by atoms with Crippen LogP contribution in [0, 0.1) is 12.3 Å². The van der Waals surface area contributed by atoms with Gasteiger partial charge in [-0.15, -0.1) is 6.42 Å². The van der Waals surface area contributed by atoms with Gasteiger partial charge in [0.05, 0.1) is 0 Å². The Morgan fingerprint density at radius 3 is 3.08 bits per heavy atom. The number of amides is 1. The molecule has 0 aromatic heterocycles. The van der Waals surface area contributed by atoms with Crippen molar-refractivity contribution < 1.29 is 14.3 Å². The molecule has 1 amide bonds. The lowest BCUT2D eigenvalue weighted by atomic mass is 10.2. The van der Waals surface area contributed by atoms with E-state index < -0.39 is 12.0 Å². The summed E-state index contributed by atoms with van der Waals surface area (Å²) < 4.78 is 4.63. The van der Waals surface area contributed by atoms with Gasteiger partial charge in [-0.2, -0.15) is 0 Å². The lowest BCUT2D eigenvalue weighted by Gasteiger charge is -2.06. The van der Waals surface area contributed by atoms with E-state index in [2.05, 4.69) is 16.0 Å². The summed E-state index contributed by atoms with van der Waals surface area (Å²) in [7, 11) is 0. The van der Waals surface area contributed by atoms with Crippen molar-refractivity contribution in [1.29, 1.82) is 0 Å². The van der Waals surface area contributed by atoms with Gasteiger partial charge in [0, 0.05) is 6.42 Å². The number of ether oxygens (including phenoxy) is 1. The maximum atomic E-state index is 11.0. The second-order valence-corrected chi connectivity index (χ2v) is 2.47. The molecule has 0 aliphatic carbocycles. The average molecular weight is 167 g/mol. The van der Waals surface area contributed by atoms with Crippen molar-refractivity contribution in [2.75, 3.05) is 6.61 Å². The first-order valence-corrected chi connectivity index (χ1v) is 3.63. The molecule has 0 spiro atoms. The third-order valence-electron chi connectivity index (χ3n) is 1.58. The van der Waals surface area contributed by atoms with Crippen LogP contribution in [-0.4, -0.2) is 24.5 Å². The van der Waals surface area contributed by atoms with Gasteiger partial charge in [0.1, 0.15) is 6.04 Å². The fourth-order valence-corrected chi connectivity index (χ4v) is 1.00. The van der Waals surface area contributed by atoms with E-state index in [1.54, 1.807) is 0 Å². The van der Waals surface area contributed by atoms with Crippen LogP contribution in [0.4, 0.5) is 0 Å². The minimum absolute atomic E-state index is 0.0365. The van der Waals surface area contributed by atoms with Crippen LogP contribution < -0.4 is 5.32 Å². The number of rotatable bonds is 2. The highest BCUT2D eigenvalue weighted by atomic mass is 16.5. The number of hydrogen-bond acceptors (Lipinski definition) is 3. The summed E-state index contributed by atoms with van der Waals surface area (Å²) in [5.74, 6) is 1.62. The fourth-order valence-electron chi connectivity index (χ4n) is 1.00. The Morgan fingerprint density at radius 2 is 2.58 bits per heavy atom. The largest absolute Gasteiger partial charge is 0.451 e. The topological polar surface area (TPSA) is 55.4 Å². The summed E-state index contributed by atoms with van der Waals surface area (Å²) >= 11 is 0. The molecule has 1 fully saturated rings. The molecule has 4 heteroatoms. The maximum Gasteiger partial charge on any atom is 0.329 e. The quantitative estimate of drug-likeness (QED) is 0.443. The first-order valence-electron chi connectivity index (χ1n) is 3.63. The fraction of sp³-hybridized carbons (Fsp3) is 0.500. The van der Waals surface area contributed by atoms with Crippen LogP contribution >= 0.6 is 0 Å². The first-order chi connectivity index (χ1) is 5.74. The van der Waals surface area contributed by atoms with Gasteiger partial charge < -0.3 is 10.1 Å². The van der Waals surface area contributed by atoms with Crippen LogP contribution in [0.1, 0.15) is 12.8 Å². The van der Waals surface area contributed by atoms with Gasteiger partial charge in [-0.3, -0.25) is 4.79 Å². The van der Waals surface area contributed by atoms with Crippen molar-refractivity contribution >= 4 is 11.9 Å². The number of terminal acetylenes is 1. The van der Waals surface area contributed by atoms with E-state index in [0.29, 0.717) is 12.8 Å².